The molecule has 29 heavy (non-hydrogen) atoms. The summed E-state index contributed by atoms with van der Waals surface area (Å²) in [6, 6.07) is 10.1. The lowest BCUT2D eigenvalue weighted by Gasteiger charge is -2.59. The monoisotopic (exact) mass is 405 g/mol. The summed E-state index contributed by atoms with van der Waals surface area (Å²) in [5, 5.41) is 2.13. The van der Waals surface area contributed by atoms with Gasteiger partial charge in [0.1, 0.15) is 12.2 Å². The Morgan fingerprint density at radius 2 is 1.76 bits per heavy atom. The molecule has 6 nitrogen and oxygen atoms in total. The van der Waals surface area contributed by atoms with Crippen molar-refractivity contribution in [2.24, 2.45) is 5.92 Å². The second kappa shape index (κ2) is 9.26. The Hall–Kier alpha value is -1.92. The van der Waals surface area contributed by atoms with E-state index in [0.717, 1.165) is 18.4 Å². The fourth-order valence-corrected chi connectivity index (χ4v) is 4.25. The van der Waals surface area contributed by atoms with Crippen LogP contribution in [0.15, 0.2) is 30.3 Å². The maximum absolute atomic E-state index is 12.1. The molecule has 0 N–H and O–H groups in total. The van der Waals surface area contributed by atoms with Gasteiger partial charge in [-0.1, -0.05) is 51.1 Å². The van der Waals surface area contributed by atoms with Gasteiger partial charge in [-0.2, -0.15) is 5.06 Å². The molecule has 0 spiro atoms. The predicted octanol–water partition coefficient (Wildman–Crippen LogP) is 4.44. The molecule has 0 amide bonds. The number of benzene rings is 1. The zero-order chi connectivity index (χ0) is 21.8. The highest BCUT2D eigenvalue weighted by Crippen LogP contribution is 2.48. The van der Waals surface area contributed by atoms with E-state index in [4.69, 9.17) is 9.57 Å². The predicted molar refractivity (Wildman–Crippen MR) is 111 cm³/mol. The number of esters is 2. The molecule has 0 aliphatic carbocycles. The average molecular weight is 406 g/mol. The van der Waals surface area contributed by atoms with E-state index in [1.807, 2.05) is 18.2 Å². The number of rotatable bonds is 6. The Balaban J connectivity index is 2.34. The Labute approximate surface area is 174 Å². The molecule has 162 valence electrons. The maximum Gasteiger partial charge on any atom is 0.417 e. The van der Waals surface area contributed by atoms with Crippen molar-refractivity contribution in [2.75, 3.05) is 7.11 Å². The third-order valence-electron chi connectivity index (χ3n) is 6.75. The molecule has 0 aromatic heterocycles. The van der Waals surface area contributed by atoms with Crippen molar-refractivity contribution in [1.82, 2.24) is 5.06 Å². The summed E-state index contributed by atoms with van der Waals surface area (Å²) in [7, 11) is 1.18. The normalized spacial score (nSPS) is 31.1. The highest BCUT2D eigenvalue weighted by molar-refractivity contribution is 6.29. The molecule has 1 saturated heterocycles. The highest BCUT2D eigenvalue weighted by Gasteiger charge is 2.55. The van der Waals surface area contributed by atoms with Gasteiger partial charge in [-0.25, -0.2) is 9.59 Å². The van der Waals surface area contributed by atoms with E-state index in [9.17, 15) is 9.59 Å². The Bertz CT molecular complexity index is 708. The number of hydroxylamine groups is 2. The van der Waals surface area contributed by atoms with Gasteiger partial charge in [0.15, 0.2) is 0 Å². The Morgan fingerprint density at radius 3 is 2.28 bits per heavy atom. The van der Waals surface area contributed by atoms with Crippen LogP contribution in [0.4, 0.5) is 0 Å². The lowest BCUT2D eigenvalue weighted by Crippen LogP contribution is -2.68. The van der Waals surface area contributed by atoms with E-state index in [1.165, 1.54) is 7.11 Å². The number of carbonyl (C=O) groups excluding carboxylic acids is 2. The minimum absolute atomic E-state index is 0.0382. The van der Waals surface area contributed by atoms with Crippen molar-refractivity contribution >= 4 is 11.9 Å². The Kier molecular flexibility index (Phi) is 7.46. The minimum Gasteiger partial charge on any atom is -0.461 e. The first-order chi connectivity index (χ1) is 13.6. The smallest absolute Gasteiger partial charge is 0.417 e. The van der Waals surface area contributed by atoms with Gasteiger partial charge >= 0.3 is 11.9 Å². The number of carbonyl (C=O) groups is 2. The summed E-state index contributed by atoms with van der Waals surface area (Å²) < 4.78 is 10.1. The van der Waals surface area contributed by atoms with Crippen LogP contribution in [0.25, 0.3) is 0 Å². The van der Waals surface area contributed by atoms with Gasteiger partial charge in [0.25, 0.3) is 0 Å². The highest BCUT2D eigenvalue weighted by atomic mass is 16.7. The lowest BCUT2D eigenvalue weighted by atomic mass is 9.69. The van der Waals surface area contributed by atoms with E-state index in [0.29, 0.717) is 6.42 Å². The van der Waals surface area contributed by atoms with Crippen LogP contribution in [0, 0.1) is 5.92 Å². The number of ether oxygens (including phenoxy) is 2. The summed E-state index contributed by atoms with van der Waals surface area (Å²) in [6.07, 6.45) is 1.67. The van der Waals surface area contributed by atoms with Gasteiger partial charge in [0.2, 0.25) is 0 Å². The van der Waals surface area contributed by atoms with Crippen LogP contribution in [0.2, 0.25) is 0 Å². The molecule has 6 heteroatoms. The molecular weight excluding hydrogens is 370 g/mol. The third kappa shape index (κ3) is 4.64. The summed E-state index contributed by atoms with van der Waals surface area (Å²) in [6.45, 7) is 12.6. The standard InChI is InChI=1S/C23H35NO5/c1-8-22(5)15-19(28-21(26)20(25)27-7)16(3)23(6,9-2)24(22)29-17(4)18-13-11-10-12-14-18/h10-14,16-17,19H,8-9,15H2,1-7H3. The number of hydrogen-bond donors (Lipinski definition) is 0. The SMILES string of the molecule is CCC1(C)CC(OC(=O)C(=O)OC)C(C)C(C)(CC)N1OC(C)c1ccccc1. The number of piperidine rings is 1. The molecular formula is C23H35NO5. The summed E-state index contributed by atoms with van der Waals surface area (Å²) in [5.41, 5.74) is 0.366. The van der Waals surface area contributed by atoms with Crippen LogP contribution in [0.1, 0.15) is 72.5 Å². The molecule has 1 aliphatic rings. The van der Waals surface area contributed by atoms with Crippen LogP contribution >= 0.6 is 0 Å². The molecule has 1 fully saturated rings. The summed E-state index contributed by atoms with van der Waals surface area (Å²) >= 11 is 0. The zero-order valence-electron chi connectivity index (χ0n) is 18.7. The van der Waals surface area contributed by atoms with Gasteiger partial charge in [-0.05, 0) is 39.2 Å². The van der Waals surface area contributed by atoms with Crippen LogP contribution in [0.5, 0.6) is 0 Å². The zero-order valence-corrected chi connectivity index (χ0v) is 18.7. The van der Waals surface area contributed by atoms with Crippen molar-refractivity contribution in [3.05, 3.63) is 35.9 Å². The van der Waals surface area contributed by atoms with Gasteiger partial charge in [-0.15, -0.1) is 0 Å². The van der Waals surface area contributed by atoms with Crippen molar-refractivity contribution in [2.45, 2.75) is 84.1 Å². The van der Waals surface area contributed by atoms with Gasteiger partial charge in [0.05, 0.1) is 7.11 Å². The molecule has 1 aromatic carbocycles. The van der Waals surface area contributed by atoms with E-state index in [1.54, 1.807) is 0 Å². The summed E-state index contributed by atoms with van der Waals surface area (Å²) in [4.78, 5) is 30.3. The quantitative estimate of drug-likeness (QED) is 0.515. The molecule has 0 saturated carbocycles. The van der Waals surface area contributed by atoms with E-state index < -0.39 is 18.0 Å². The van der Waals surface area contributed by atoms with Crippen molar-refractivity contribution in [3.8, 4) is 0 Å². The number of hydrogen-bond acceptors (Lipinski definition) is 6. The first kappa shape index (κ1) is 23.4. The van der Waals surface area contributed by atoms with Crippen molar-refractivity contribution in [1.29, 1.82) is 0 Å². The molecule has 2 rings (SSSR count). The number of methoxy groups -OCH3 is 1. The van der Waals surface area contributed by atoms with Crippen LogP contribution in [-0.4, -0.2) is 41.3 Å². The van der Waals surface area contributed by atoms with Gasteiger partial charge in [0, 0.05) is 23.4 Å². The van der Waals surface area contributed by atoms with E-state index in [-0.39, 0.29) is 23.1 Å². The molecule has 1 aliphatic heterocycles. The van der Waals surface area contributed by atoms with Crippen molar-refractivity contribution < 1.29 is 23.9 Å². The molecule has 0 radical (unpaired) electrons. The van der Waals surface area contributed by atoms with Crippen LogP contribution in [0.3, 0.4) is 0 Å². The second-order valence-electron chi connectivity index (χ2n) is 8.44. The molecule has 5 unspecified atom stereocenters. The largest absolute Gasteiger partial charge is 0.461 e. The molecule has 5 atom stereocenters. The number of nitrogens with zero attached hydrogens (tertiary/aromatic N) is 1. The van der Waals surface area contributed by atoms with Gasteiger partial charge < -0.3 is 9.47 Å². The Morgan fingerprint density at radius 1 is 1.14 bits per heavy atom. The average Bonchev–Trinajstić information content (AvgIpc) is 2.74. The molecule has 0 bridgehead atoms. The fraction of sp³-hybridized carbons (Fsp3) is 0.652. The van der Waals surface area contributed by atoms with E-state index in [2.05, 4.69) is 63.5 Å². The fourth-order valence-electron chi connectivity index (χ4n) is 4.25. The van der Waals surface area contributed by atoms with Gasteiger partial charge in [-0.3, -0.25) is 4.84 Å². The van der Waals surface area contributed by atoms with Crippen LogP contribution in [-0.2, 0) is 23.9 Å². The lowest BCUT2D eigenvalue weighted by molar-refractivity contribution is -0.336. The molecule has 1 aromatic rings. The van der Waals surface area contributed by atoms with Crippen LogP contribution < -0.4 is 0 Å². The topological polar surface area (TPSA) is 65.1 Å². The summed E-state index contributed by atoms with van der Waals surface area (Å²) in [5.74, 6) is -1.94. The first-order valence-corrected chi connectivity index (χ1v) is 10.4. The minimum atomic E-state index is -0.968. The second-order valence-corrected chi connectivity index (χ2v) is 8.44. The molecule has 1 heterocycles. The van der Waals surface area contributed by atoms with Crippen molar-refractivity contribution in [3.63, 3.8) is 0 Å². The first-order valence-electron chi connectivity index (χ1n) is 10.4. The maximum atomic E-state index is 12.1. The third-order valence-corrected chi connectivity index (χ3v) is 6.75. The van der Waals surface area contributed by atoms with E-state index >= 15 is 0 Å².